The molecule has 0 atom stereocenters. The fourth-order valence-corrected chi connectivity index (χ4v) is 6.45. The zero-order valence-corrected chi connectivity index (χ0v) is 27.7. The van der Waals surface area contributed by atoms with Crippen LogP contribution in [-0.2, 0) is 6.61 Å². The fourth-order valence-electron chi connectivity index (χ4n) is 5.46. The minimum Gasteiger partial charge on any atom is -0.496 e. The van der Waals surface area contributed by atoms with Crippen LogP contribution in [-0.4, -0.2) is 23.0 Å². The Morgan fingerprint density at radius 3 is 2.47 bits per heavy atom. The molecule has 226 valence electrons. The van der Waals surface area contributed by atoms with Gasteiger partial charge in [0.25, 0.3) is 5.56 Å². The summed E-state index contributed by atoms with van der Waals surface area (Å²) in [7, 11) is 1.66. The Morgan fingerprint density at radius 2 is 1.71 bits per heavy atom. The van der Waals surface area contributed by atoms with E-state index in [1.807, 2.05) is 67.6 Å². The molecular formula is C37H31BrClN3O3. The molecule has 45 heavy (non-hydrogen) atoms. The maximum atomic E-state index is 13.8. The van der Waals surface area contributed by atoms with Gasteiger partial charge in [-0.15, -0.1) is 0 Å². The summed E-state index contributed by atoms with van der Waals surface area (Å²) in [5, 5.41) is 7.85. The van der Waals surface area contributed by atoms with E-state index in [0.717, 1.165) is 38.8 Å². The Bertz CT molecular complexity index is 2130. The number of hydrogen-bond acceptors (Lipinski definition) is 5. The van der Waals surface area contributed by atoms with Crippen LogP contribution < -0.4 is 15.0 Å². The van der Waals surface area contributed by atoms with Crippen LogP contribution in [0.3, 0.4) is 0 Å². The molecule has 0 bridgehead atoms. The van der Waals surface area contributed by atoms with Gasteiger partial charge in [0, 0.05) is 5.56 Å². The van der Waals surface area contributed by atoms with Crippen molar-refractivity contribution >= 4 is 55.4 Å². The number of rotatable bonds is 8. The Hall–Kier alpha value is -4.46. The van der Waals surface area contributed by atoms with Crippen LogP contribution >= 0.6 is 27.5 Å². The van der Waals surface area contributed by atoms with Crippen molar-refractivity contribution < 1.29 is 9.47 Å². The minimum atomic E-state index is -0.270. The number of halogens is 2. The SMILES string of the molecule is COc1cc(C)c(-c2nc3ccccc3c(=O)n2N=Cc2cc(Cl)c(OCc3cccc4ccccc34)c(Br)c2)cc1C(C)C. The maximum Gasteiger partial charge on any atom is 0.282 e. The Labute approximate surface area is 275 Å². The molecular weight excluding hydrogens is 650 g/mol. The third-order valence-corrected chi connectivity index (χ3v) is 8.66. The number of hydrogen-bond donors (Lipinski definition) is 0. The average molecular weight is 681 g/mol. The summed E-state index contributed by atoms with van der Waals surface area (Å²) in [4.78, 5) is 18.7. The first-order valence-corrected chi connectivity index (χ1v) is 15.8. The molecule has 1 aromatic heterocycles. The van der Waals surface area contributed by atoms with Crippen molar-refractivity contribution in [2.45, 2.75) is 33.3 Å². The number of para-hydroxylation sites is 1. The van der Waals surface area contributed by atoms with Crippen LogP contribution in [0.15, 0.2) is 105 Å². The second-order valence-corrected chi connectivity index (χ2v) is 12.4. The second-order valence-electron chi connectivity index (χ2n) is 11.1. The summed E-state index contributed by atoms with van der Waals surface area (Å²) >= 11 is 10.4. The first kappa shape index (κ1) is 30.6. The van der Waals surface area contributed by atoms with E-state index in [0.29, 0.717) is 44.1 Å². The number of aromatic nitrogens is 2. The van der Waals surface area contributed by atoms with Crippen LogP contribution in [0.1, 0.15) is 42.0 Å². The van der Waals surface area contributed by atoms with Gasteiger partial charge < -0.3 is 9.47 Å². The van der Waals surface area contributed by atoms with Crippen LogP contribution in [0.2, 0.25) is 5.02 Å². The molecule has 0 amide bonds. The van der Waals surface area contributed by atoms with Crippen molar-refractivity contribution in [3.05, 3.63) is 133 Å². The van der Waals surface area contributed by atoms with Crippen molar-refractivity contribution in [1.82, 2.24) is 9.66 Å². The fraction of sp³-hybridized carbons (Fsp3) is 0.162. The number of fused-ring (bicyclic) bond motifs is 2. The minimum absolute atomic E-state index is 0.198. The predicted molar refractivity (Wildman–Crippen MR) is 187 cm³/mol. The maximum absolute atomic E-state index is 13.8. The van der Waals surface area contributed by atoms with Gasteiger partial charge in [-0.25, -0.2) is 4.98 Å². The van der Waals surface area contributed by atoms with Gasteiger partial charge in [-0.2, -0.15) is 9.78 Å². The molecule has 0 radical (unpaired) electrons. The molecule has 5 aromatic carbocycles. The largest absolute Gasteiger partial charge is 0.496 e. The molecule has 0 fully saturated rings. The molecule has 1 heterocycles. The lowest BCUT2D eigenvalue weighted by Gasteiger charge is -2.17. The first-order valence-electron chi connectivity index (χ1n) is 14.6. The van der Waals surface area contributed by atoms with E-state index in [1.165, 1.54) is 4.68 Å². The highest BCUT2D eigenvalue weighted by Gasteiger charge is 2.19. The standard InChI is InChI=1S/C37H31BrClN3O3/c1-22(2)29-19-30(23(3)16-34(29)44-4)36-41-33-15-8-7-14-28(33)37(43)42(36)40-20-24-17-31(38)35(32(39)18-24)45-21-26-12-9-11-25-10-5-6-13-27(25)26/h5-20,22H,21H2,1-4H3. The van der Waals surface area contributed by atoms with Gasteiger partial charge in [0.2, 0.25) is 0 Å². The first-order chi connectivity index (χ1) is 21.7. The van der Waals surface area contributed by atoms with E-state index in [4.69, 9.17) is 26.1 Å². The van der Waals surface area contributed by atoms with Gasteiger partial charge >= 0.3 is 0 Å². The molecule has 6 aromatic rings. The Balaban J connectivity index is 1.38. The lowest BCUT2D eigenvalue weighted by Crippen LogP contribution is -2.20. The van der Waals surface area contributed by atoms with Crippen molar-refractivity contribution in [2.24, 2.45) is 5.10 Å². The summed E-state index contributed by atoms with van der Waals surface area (Å²) in [6.07, 6.45) is 1.61. The van der Waals surface area contributed by atoms with E-state index in [2.05, 4.69) is 53.1 Å². The molecule has 8 heteroatoms. The zero-order chi connectivity index (χ0) is 31.7. The van der Waals surface area contributed by atoms with Gasteiger partial charge in [0.05, 0.1) is 33.7 Å². The number of aryl methyl sites for hydroxylation is 1. The second kappa shape index (κ2) is 12.9. The van der Waals surface area contributed by atoms with Crippen LogP contribution in [0.5, 0.6) is 11.5 Å². The molecule has 0 aliphatic rings. The lowest BCUT2D eigenvalue weighted by molar-refractivity contribution is 0.306. The van der Waals surface area contributed by atoms with Crippen molar-refractivity contribution in [3.8, 4) is 22.9 Å². The molecule has 0 spiro atoms. The number of ether oxygens (including phenoxy) is 2. The normalized spacial score (nSPS) is 11.6. The topological polar surface area (TPSA) is 65.7 Å². The van der Waals surface area contributed by atoms with Gasteiger partial charge in [-0.3, -0.25) is 4.79 Å². The molecule has 0 N–H and O–H groups in total. The zero-order valence-electron chi connectivity index (χ0n) is 25.3. The summed E-state index contributed by atoms with van der Waals surface area (Å²) in [6.45, 7) is 6.54. The lowest BCUT2D eigenvalue weighted by atomic mass is 9.96. The number of nitrogens with zero attached hydrogens (tertiary/aromatic N) is 3. The molecule has 0 aliphatic carbocycles. The number of methoxy groups -OCH3 is 1. The Morgan fingerprint density at radius 1 is 0.978 bits per heavy atom. The summed E-state index contributed by atoms with van der Waals surface area (Å²) in [5.41, 5.74) is 4.82. The predicted octanol–water partition coefficient (Wildman–Crippen LogP) is 9.53. The highest BCUT2D eigenvalue weighted by atomic mass is 79.9. The van der Waals surface area contributed by atoms with Crippen LogP contribution in [0, 0.1) is 6.92 Å². The molecule has 6 nitrogen and oxygen atoms in total. The highest BCUT2D eigenvalue weighted by molar-refractivity contribution is 9.10. The smallest absolute Gasteiger partial charge is 0.282 e. The van der Waals surface area contributed by atoms with Crippen LogP contribution in [0.4, 0.5) is 0 Å². The van der Waals surface area contributed by atoms with Crippen molar-refractivity contribution in [3.63, 3.8) is 0 Å². The third kappa shape index (κ3) is 6.10. The van der Waals surface area contributed by atoms with E-state index in [-0.39, 0.29) is 11.5 Å². The Kier molecular flexibility index (Phi) is 8.74. The van der Waals surface area contributed by atoms with Crippen molar-refractivity contribution in [2.75, 3.05) is 7.11 Å². The monoisotopic (exact) mass is 679 g/mol. The third-order valence-electron chi connectivity index (χ3n) is 7.79. The van der Waals surface area contributed by atoms with Crippen LogP contribution in [0.25, 0.3) is 33.1 Å². The van der Waals surface area contributed by atoms with E-state index in [9.17, 15) is 4.79 Å². The quantitative estimate of drug-likeness (QED) is 0.150. The summed E-state index contributed by atoms with van der Waals surface area (Å²) in [6, 6.07) is 29.3. The average Bonchev–Trinajstić information content (AvgIpc) is 3.03. The summed E-state index contributed by atoms with van der Waals surface area (Å²) < 4.78 is 13.9. The van der Waals surface area contributed by atoms with Gasteiger partial charge in [-0.05, 0) is 98.2 Å². The number of benzene rings is 5. The highest BCUT2D eigenvalue weighted by Crippen LogP contribution is 2.36. The molecule has 0 saturated carbocycles. The molecule has 0 aliphatic heterocycles. The van der Waals surface area contributed by atoms with Crippen molar-refractivity contribution in [1.29, 1.82) is 0 Å². The van der Waals surface area contributed by atoms with Gasteiger partial charge in [0.1, 0.15) is 12.4 Å². The molecule has 0 saturated heterocycles. The summed E-state index contributed by atoms with van der Waals surface area (Å²) in [5.74, 6) is 1.97. The van der Waals surface area contributed by atoms with E-state index in [1.54, 1.807) is 25.5 Å². The van der Waals surface area contributed by atoms with E-state index >= 15 is 0 Å². The van der Waals surface area contributed by atoms with E-state index < -0.39 is 0 Å². The molecule has 0 unspecified atom stereocenters. The van der Waals surface area contributed by atoms with Gasteiger partial charge in [0.15, 0.2) is 11.6 Å². The molecule has 6 rings (SSSR count). The van der Waals surface area contributed by atoms with Gasteiger partial charge in [-0.1, -0.05) is 80.0 Å².